The molecule has 0 N–H and O–H groups in total. The van der Waals surface area contributed by atoms with Crippen molar-refractivity contribution < 1.29 is 4.42 Å². The highest BCUT2D eigenvalue weighted by Crippen LogP contribution is 2.52. The topological polar surface area (TPSA) is 29.3 Å². The minimum atomic E-state index is -0.121. The molecule has 1 aliphatic rings. The number of hydrogen-bond donors (Lipinski definition) is 0. The summed E-state index contributed by atoms with van der Waals surface area (Å²) in [4.78, 5) is 6.85. The third-order valence-electron chi connectivity index (χ3n) is 10.5. The first kappa shape index (κ1) is 27.9. The number of furan rings is 1. The number of fused-ring (bicyclic) bond motifs is 9. The summed E-state index contributed by atoms with van der Waals surface area (Å²) in [6.07, 6.45) is 3.75. The summed E-state index contributed by atoms with van der Waals surface area (Å²) in [5.74, 6) is 0. The van der Waals surface area contributed by atoms with Gasteiger partial charge in [-0.25, -0.2) is 0 Å². The first-order valence-corrected chi connectivity index (χ1v) is 16.9. The monoisotopic (exact) mass is 628 g/mol. The van der Waals surface area contributed by atoms with Gasteiger partial charge in [-0.05, 0) is 80.4 Å². The number of rotatable bonds is 4. The molecule has 0 spiro atoms. The zero-order valence-corrected chi connectivity index (χ0v) is 27.3. The molecule has 0 amide bonds. The molecule has 2 aromatic heterocycles. The van der Waals surface area contributed by atoms with Crippen LogP contribution in [0.25, 0.3) is 65.7 Å². The van der Waals surface area contributed by atoms with Crippen molar-refractivity contribution in [2.24, 2.45) is 0 Å². The fraction of sp³-hybridized carbons (Fsp3) is 0.0652. The molecule has 0 radical (unpaired) electrons. The Kier molecular flexibility index (Phi) is 5.92. The number of aromatic nitrogens is 1. The molecule has 0 unspecified atom stereocenters. The zero-order chi connectivity index (χ0) is 32.7. The Labute approximate surface area is 284 Å². The van der Waals surface area contributed by atoms with Crippen LogP contribution >= 0.6 is 0 Å². The van der Waals surface area contributed by atoms with Gasteiger partial charge in [0.2, 0.25) is 0 Å². The summed E-state index contributed by atoms with van der Waals surface area (Å²) in [5, 5.41) is 6.98. The predicted molar refractivity (Wildman–Crippen MR) is 204 cm³/mol. The fourth-order valence-electron chi connectivity index (χ4n) is 8.18. The average molecular weight is 629 g/mol. The van der Waals surface area contributed by atoms with Crippen LogP contribution in [0.15, 0.2) is 162 Å². The molecule has 0 aliphatic heterocycles. The molecule has 1 aliphatic carbocycles. The molecule has 2 heterocycles. The van der Waals surface area contributed by atoms with Gasteiger partial charge in [-0.15, -0.1) is 0 Å². The predicted octanol–water partition coefficient (Wildman–Crippen LogP) is 12.7. The van der Waals surface area contributed by atoms with Gasteiger partial charge in [-0.2, -0.15) is 0 Å². The summed E-state index contributed by atoms with van der Waals surface area (Å²) < 4.78 is 6.76. The van der Waals surface area contributed by atoms with Crippen molar-refractivity contribution in [2.45, 2.75) is 19.3 Å². The quantitative estimate of drug-likeness (QED) is 0.194. The Balaban J connectivity index is 1.27. The maximum Gasteiger partial charge on any atom is 0.138 e. The van der Waals surface area contributed by atoms with Gasteiger partial charge in [0.1, 0.15) is 11.2 Å². The largest absolute Gasteiger partial charge is 0.456 e. The molecule has 7 aromatic carbocycles. The minimum Gasteiger partial charge on any atom is -0.456 e. The van der Waals surface area contributed by atoms with Gasteiger partial charge < -0.3 is 9.32 Å². The Bertz CT molecular complexity index is 2760. The van der Waals surface area contributed by atoms with E-state index in [1.54, 1.807) is 0 Å². The van der Waals surface area contributed by atoms with Crippen LogP contribution < -0.4 is 4.90 Å². The standard InChI is InChI=1S/C46H32N2O/c1-46(2)39-18-8-7-14-35(39)36-23-22-33(26-40(36)46)48(32-21-20-29-11-3-4-12-30(29)25-32)41-27-43-45(38-16-6-5-15-37(38)41)44-34(17-9-19-42(44)49-43)31-13-10-24-47-28-31/h3-28H,1-2H3. The zero-order valence-electron chi connectivity index (χ0n) is 27.3. The van der Waals surface area contributed by atoms with E-state index in [0.717, 1.165) is 60.9 Å². The lowest BCUT2D eigenvalue weighted by molar-refractivity contribution is 0.660. The average Bonchev–Trinajstić information content (AvgIpc) is 3.64. The fourth-order valence-corrected chi connectivity index (χ4v) is 8.18. The minimum absolute atomic E-state index is 0.121. The Hall–Kier alpha value is -6.19. The molecule has 0 bridgehead atoms. The number of nitrogens with zero attached hydrogens (tertiary/aromatic N) is 2. The third kappa shape index (κ3) is 4.12. The van der Waals surface area contributed by atoms with E-state index in [2.05, 4.69) is 163 Å². The molecular weight excluding hydrogens is 597 g/mol. The van der Waals surface area contributed by atoms with Crippen LogP contribution in [0.2, 0.25) is 0 Å². The van der Waals surface area contributed by atoms with Crippen molar-refractivity contribution in [3.8, 4) is 22.3 Å². The molecule has 232 valence electrons. The molecule has 0 saturated carbocycles. The van der Waals surface area contributed by atoms with E-state index in [1.807, 2.05) is 18.5 Å². The van der Waals surface area contributed by atoms with Gasteiger partial charge in [-0.3, -0.25) is 4.98 Å². The summed E-state index contributed by atoms with van der Waals surface area (Å²) >= 11 is 0. The summed E-state index contributed by atoms with van der Waals surface area (Å²) in [5.41, 5.74) is 12.4. The van der Waals surface area contributed by atoms with E-state index in [9.17, 15) is 0 Å². The number of anilines is 3. The van der Waals surface area contributed by atoms with Gasteiger partial charge in [0.15, 0.2) is 0 Å². The summed E-state index contributed by atoms with van der Waals surface area (Å²) in [7, 11) is 0. The van der Waals surface area contributed by atoms with Crippen LogP contribution in [0.3, 0.4) is 0 Å². The van der Waals surface area contributed by atoms with E-state index >= 15 is 0 Å². The van der Waals surface area contributed by atoms with Crippen LogP contribution in [0.1, 0.15) is 25.0 Å². The van der Waals surface area contributed by atoms with Crippen LogP contribution in [-0.2, 0) is 5.41 Å². The smallest absolute Gasteiger partial charge is 0.138 e. The van der Waals surface area contributed by atoms with E-state index in [4.69, 9.17) is 4.42 Å². The lowest BCUT2D eigenvalue weighted by atomic mass is 9.82. The molecule has 3 heteroatoms. The van der Waals surface area contributed by atoms with Crippen molar-refractivity contribution in [1.29, 1.82) is 0 Å². The first-order valence-electron chi connectivity index (χ1n) is 16.9. The Morgan fingerprint density at radius 1 is 0.531 bits per heavy atom. The number of hydrogen-bond acceptors (Lipinski definition) is 3. The van der Waals surface area contributed by atoms with Crippen molar-refractivity contribution in [1.82, 2.24) is 4.98 Å². The molecular formula is C46H32N2O. The Morgan fingerprint density at radius 3 is 2.14 bits per heavy atom. The highest BCUT2D eigenvalue weighted by atomic mass is 16.3. The maximum absolute atomic E-state index is 6.76. The third-order valence-corrected chi connectivity index (χ3v) is 10.5. The van der Waals surface area contributed by atoms with Crippen molar-refractivity contribution in [3.63, 3.8) is 0 Å². The SMILES string of the molecule is CC1(C)c2ccccc2-c2ccc(N(c3ccc4ccccc4c3)c3cc4oc5cccc(-c6cccnc6)c5c4c4ccccc34)cc21. The van der Waals surface area contributed by atoms with E-state index in [-0.39, 0.29) is 5.41 Å². The molecule has 9 aromatic rings. The van der Waals surface area contributed by atoms with Gasteiger partial charge in [0.05, 0.1) is 5.69 Å². The van der Waals surface area contributed by atoms with Gasteiger partial charge in [0.25, 0.3) is 0 Å². The molecule has 3 nitrogen and oxygen atoms in total. The van der Waals surface area contributed by atoms with Crippen molar-refractivity contribution in [2.75, 3.05) is 4.90 Å². The molecule has 49 heavy (non-hydrogen) atoms. The Morgan fingerprint density at radius 2 is 1.27 bits per heavy atom. The molecule has 0 fully saturated rings. The van der Waals surface area contributed by atoms with Crippen molar-refractivity contribution >= 4 is 60.5 Å². The normalized spacial score (nSPS) is 13.3. The number of pyridine rings is 1. The lowest BCUT2D eigenvalue weighted by Gasteiger charge is -2.29. The van der Waals surface area contributed by atoms with E-state index < -0.39 is 0 Å². The highest BCUT2D eigenvalue weighted by molar-refractivity contribution is 6.25. The summed E-state index contributed by atoms with van der Waals surface area (Å²) in [6, 6.07) is 52.6. The van der Waals surface area contributed by atoms with Gasteiger partial charge in [0, 0.05) is 57.0 Å². The molecule has 10 rings (SSSR count). The highest BCUT2D eigenvalue weighted by Gasteiger charge is 2.36. The first-order chi connectivity index (χ1) is 24.1. The number of benzene rings is 7. The summed E-state index contributed by atoms with van der Waals surface area (Å²) in [6.45, 7) is 4.69. The molecule has 0 atom stereocenters. The van der Waals surface area contributed by atoms with Crippen LogP contribution in [0, 0.1) is 0 Å². The van der Waals surface area contributed by atoms with Crippen LogP contribution in [-0.4, -0.2) is 4.98 Å². The van der Waals surface area contributed by atoms with E-state index in [1.165, 1.54) is 33.0 Å². The van der Waals surface area contributed by atoms with Crippen LogP contribution in [0.4, 0.5) is 17.1 Å². The van der Waals surface area contributed by atoms with Gasteiger partial charge in [-0.1, -0.05) is 117 Å². The second-order valence-electron chi connectivity index (χ2n) is 13.6. The lowest BCUT2D eigenvalue weighted by Crippen LogP contribution is -2.16. The second kappa shape index (κ2) is 10.4. The van der Waals surface area contributed by atoms with Crippen molar-refractivity contribution in [3.05, 3.63) is 169 Å². The maximum atomic E-state index is 6.76. The van der Waals surface area contributed by atoms with E-state index in [0.29, 0.717) is 0 Å². The second-order valence-corrected chi connectivity index (χ2v) is 13.6. The molecule has 0 saturated heterocycles. The van der Waals surface area contributed by atoms with Crippen LogP contribution in [0.5, 0.6) is 0 Å². The van der Waals surface area contributed by atoms with Gasteiger partial charge >= 0.3 is 0 Å².